The summed E-state index contributed by atoms with van der Waals surface area (Å²) in [5.74, 6) is 2.48. The average Bonchev–Trinajstić information content (AvgIpc) is 3.25. The normalized spacial score (nSPS) is 14.9. The van der Waals surface area contributed by atoms with Gasteiger partial charge in [-0.2, -0.15) is 4.98 Å². The number of carbonyl (C=O) groups is 1. The van der Waals surface area contributed by atoms with Crippen LogP contribution in [0, 0.1) is 0 Å². The van der Waals surface area contributed by atoms with Crippen LogP contribution in [0.4, 0.5) is 5.95 Å². The number of nitrogens with one attached hydrogen (secondary N) is 1. The van der Waals surface area contributed by atoms with Gasteiger partial charge in [0, 0.05) is 22.9 Å². The Morgan fingerprint density at radius 1 is 1.03 bits per heavy atom. The number of aromatic nitrogens is 3. The second-order valence-electron chi connectivity index (χ2n) is 7.32. The third kappa shape index (κ3) is 3.79. The number of anilines is 1. The molecule has 0 unspecified atom stereocenters. The van der Waals surface area contributed by atoms with Crippen molar-refractivity contribution in [2.24, 2.45) is 5.73 Å². The Labute approximate surface area is 190 Å². The highest BCUT2D eigenvalue weighted by atomic mass is 16.5. The topological polar surface area (TPSA) is 123 Å². The quantitative estimate of drug-likeness (QED) is 0.562. The smallest absolute Gasteiger partial charge is 0.248 e. The summed E-state index contributed by atoms with van der Waals surface area (Å²) < 4.78 is 23.5. The van der Waals surface area contributed by atoms with Gasteiger partial charge < -0.3 is 30.0 Å². The molecular weight excluding hydrogens is 426 g/mol. The maximum atomic E-state index is 12.5. The van der Waals surface area contributed by atoms with Crippen LogP contribution < -0.4 is 30.0 Å². The number of primary amides is 1. The van der Waals surface area contributed by atoms with Crippen LogP contribution in [0.1, 0.15) is 18.5 Å². The first-order valence-corrected chi connectivity index (χ1v) is 10.1. The van der Waals surface area contributed by atoms with Crippen LogP contribution in [0.5, 0.6) is 23.0 Å². The van der Waals surface area contributed by atoms with E-state index in [2.05, 4.69) is 10.3 Å². The summed E-state index contributed by atoms with van der Waals surface area (Å²) in [7, 11) is 6.24. The molecule has 0 aliphatic carbocycles. The van der Waals surface area contributed by atoms with E-state index in [1.54, 1.807) is 64.3 Å². The van der Waals surface area contributed by atoms with Crippen molar-refractivity contribution < 1.29 is 23.7 Å². The molecule has 0 radical (unpaired) electrons. The van der Waals surface area contributed by atoms with Crippen LogP contribution >= 0.6 is 0 Å². The molecule has 0 saturated carbocycles. The first kappa shape index (κ1) is 22.0. The summed E-state index contributed by atoms with van der Waals surface area (Å²) >= 11 is 0. The molecule has 1 aromatic heterocycles. The van der Waals surface area contributed by atoms with E-state index >= 15 is 0 Å². The van der Waals surface area contributed by atoms with Gasteiger partial charge in [-0.1, -0.05) is 12.1 Å². The minimum Gasteiger partial charge on any atom is -0.497 e. The second-order valence-corrected chi connectivity index (χ2v) is 7.32. The van der Waals surface area contributed by atoms with Gasteiger partial charge in [-0.05, 0) is 25.1 Å². The van der Waals surface area contributed by atoms with Gasteiger partial charge in [-0.3, -0.25) is 4.79 Å². The third-order valence-corrected chi connectivity index (χ3v) is 5.46. The highest BCUT2D eigenvalue weighted by molar-refractivity contribution is 5.95. The first-order chi connectivity index (χ1) is 15.9. The van der Waals surface area contributed by atoms with Crippen molar-refractivity contribution >= 4 is 11.9 Å². The van der Waals surface area contributed by atoms with Gasteiger partial charge >= 0.3 is 0 Å². The van der Waals surface area contributed by atoms with E-state index in [9.17, 15) is 4.79 Å². The molecule has 1 atom stereocenters. The van der Waals surface area contributed by atoms with Gasteiger partial charge in [0.05, 0.1) is 34.0 Å². The number of hydrogen-bond acceptors (Lipinski definition) is 8. The van der Waals surface area contributed by atoms with Crippen LogP contribution in [0.2, 0.25) is 0 Å². The molecule has 3 N–H and O–H groups in total. The Hall–Kier alpha value is -4.21. The number of hydrogen-bond donors (Lipinski definition) is 2. The van der Waals surface area contributed by atoms with Crippen molar-refractivity contribution in [1.82, 2.24) is 14.8 Å². The first-order valence-electron chi connectivity index (χ1n) is 10.1. The summed E-state index contributed by atoms with van der Waals surface area (Å²) in [5, 5.41) is 7.86. The van der Waals surface area contributed by atoms with Crippen LogP contribution in [0.3, 0.4) is 0 Å². The monoisotopic (exact) mass is 451 g/mol. The molecule has 4 rings (SSSR count). The lowest BCUT2D eigenvalue weighted by Crippen LogP contribution is -2.32. The molecule has 33 heavy (non-hydrogen) atoms. The zero-order chi connectivity index (χ0) is 23.7. The average molecular weight is 451 g/mol. The predicted octanol–water partition coefficient (Wildman–Crippen LogP) is 2.75. The fraction of sp³-hybridized carbons (Fsp3) is 0.261. The summed E-state index contributed by atoms with van der Waals surface area (Å²) in [6, 6.07) is 10.1. The van der Waals surface area contributed by atoms with Crippen molar-refractivity contribution in [2.75, 3.05) is 33.8 Å². The molecule has 2 aromatic carbocycles. The summed E-state index contributed by atoms with van der Waals surface area (Å²) in [4.78, 5) is 17.2. The third-order valence-electron chi connectivity index (χ3n) is 5.46. The van der Waals surface area contributed by atoms with E-state index in [-0.39, 0.29) is 0 Å². The molecule has 10 heteroatoms. The van der Waals surface area contributed by atoms with Gasteiger partial charge in [0.2, 0.25) is 11.9 Å². The van der Waals surface area contributed by atoms with Gasteiger partial charge in [0.15, 0.2) is 17.3 Å². The minimum absolute atomic E-state index is 0.341. The Morgan fingerprint density at radius 2 is 1.73 bits per heavy atom. The number of amides is 1. The molecule has 1 aliphatic rings. The van der Waals surface area contributed by atoms with Gasteiger partial charge in [0.25, 0.3) is 0 Å². The van der Waals surface area contributed by atoms with E-state index in [0.29, 0.717) is 57.2 Å². The lowest BCUT2D eigenvalue weighted by molar-refractivity contribution is -0.115. The van der Waals surface area contributed by atoms with Gasteiger partial charge in [-0.25, -0.2) is 4.68 Å². The highest BCUT2D eigenvalue weighted by Crippen LogP contribution is 2.43. The lowest BCUT2D eigenvalue weighted by atomic mass is 9.94. The maximum Gasteiger partial charge on any atom is 0.248 e. The van der Waals surface area contributed by atoms with Crippen LogP contribution in [0.25, 0.3) is 11.4 Å². The number of fused-ring (bicyclic) bond motifs is 1. The van der Waals surface area contributed by atoms with E-state index in [1.165, 1.54) is 0 Å². The fourth-order valence-electron chi connectivity index (χ4n) is 3.94. The van der Waals surface area contributed by atoms with Gasteiger partial charge in [0.1, 0.15) is 17.5 Å². The lowest BCUT2D eigenvalue weighted by Gasteiger charge is -2.29. The standard InChI is InChI=1S/C23H25N5O5/c1-12-18(21(24)29)19(16-7-6-8-17(32-4)20(16)33-5)28-23(25-12)26-22(27-28)13-9-14(30-2)11-15(10-13)31-3/h6-11,19H,1-5H3,(H2,24,29)(H,25,26,27)/t19-/m0/s1. The molecule has 1 aliphatic heterocycles. The highest BCUT2D eigenvalue weighted by Gasteiger charge is 2.36. The number of ether oxygens (including phenoxy) is 4. The van der Waals surface area contributed by atoms with E-state index < -0.39 is 11.9 Å². The second kappa shape index (κ2) is 8.73. The molecule has 2 heterocycles. The fourth-order valence-corrected chi connectivity index (χ4v) is 3.94. The maximum absolute atomic E-state index is 12.5. The van der Waals surface area contributed by atoms with Crippen LogP contribution in [-0.2, 0) is 4.79 Å². The molecule has 10 nitrogen and oxygen atoms in total. The molecule has 0 fully saturated rings. The number of benzene rings is 2. The zero-order valence-electron chi connectivity index (χ0n) is 19.0. The number of nitrogens with zero attached hydrogens (tertiary/aromatic N) is 3. The molecule has 1 amide bonds. The SMILES string of the molecule is COc1cc(OC)cc(-c2nc3n(n2)[C@@H](c2cccc(OC)c2OC)C(C(N)=O)=C(C)N3)c1. The number of rotatable bonds is 7. The Morgan fingerprint density at radius 3 is 2.30 bits per heavy atom. The molecule has 0 spiro atoms. The number of methoxy groups -OCH3 is 4. The zero-order valence-corrected chi connectivity index (χ0v) is 19.0. The Kier molecular flexibility index (Phi) is 5.82. The van der Waals surface area contributed by atoms with Crippen molar-refractivity contribution in [3.63, 3.8) is 0 Å². The number of nitrogens with two attached hydrogens (primary N) is 1. The largest absolute Gasteiger partial charge is 0.497 e. The Balaban J connectivity index is 1.93. The summed E-state index contributed by atoms with van der Waals surface area (Å²) in [6.45, 7) is 1.77. The molecule has 3 aromatic rings. The summed E-state index contributed by atoms with van der Waals surface area (Å²) in [5.41, 5.74) is 8.06. The van der Waals surface area contributed by atoms with Crippen LogP contribution in [0.15, 0.2) is 47.7 Å². The number of allylic oxidation sites excluding steroid dienone is 1. The van der Waals surface area contributed by atoms with E-state index in [0.717, 1.165) is 0 Å². The van der Waals surface area contributed by atoms with Crippen molar-refractivity contribution in [3.8, 4) is 34.4 Å². The molecule has 0 saturated heterocycles. The Bertz CT molecular complexity index is 1230. The van der Waals surface area contributed by atoms with Crippen molar-refractivity contribution in [3.05, 3.63) is 53.2 Å². The summed E-state index contributed by atoms with van der Waals surface area (Å²) in [6.07, 6.45) is 0. The van der Waals surface area contributed by atoms with Crippen molar-refractivity contribution in [2.45, 2.75) is 13.0 Å². The molecule has 172 valence electrons. The minimum atomic E-state index is -0.683. The predicted molar refractivity (Wildman–Crippen MR) is 122 cm³/mol. The van der Waals surface area contributed by atoms with Crippen molar-refractivity contribution in [1.29, 1.82) is 0 Å². The van der Waals surface area contributed by atoms with E-state index in [1.807, 2.05) is 12.1 Å². The van der Waals surface area contributed by atoms with Crippen LogP contribution in [-0.4, -0.2) is 49.1 Å². The number of carbonyl (C=O) groups excluding carboxylic acids is 1. The molecule has 0 bridgehead atoms. The number of para-hydroxylation sites is 1. The van der Waals surface area contributed by atoms with Gasteiger partial charge in [-0.15, -0.1) is 5.10 Å². The van der Waals surface area contributed by atoms with E-state index in [4.69, 9.17) is 29.8 Å². The molecular formula is C23H25N5O5.